The number of carbonyl (C=O) groups excluding carboxylic acids is 1. The molecular weight excluding hydrogens is 342 g/mol. The molecule has 0 spiro atoms. The molecule has 0 heterocycles. The lowest BCUT2D eigenvalue weighted by atomic mass is 10.2. The van der Waals surface area contributed by atoms with Gasteiger partial charge in [0, 0.05) is 22.2 Å². The molecule has 0 aliphatic rings. The van der Waals surface area contributed by atoms with Crippen molar-refractivity contribution in [2.45, 2.75) is 31.3 Å². The molecule has 24 heavy (non-hydrogen) atoms. The highest BCUT2D eigenvalue weighted by molar-refractivity contribution is 7.99. The Kier molecular flexibility index (Phi) is 7.47. The molecule has 2 aromatic rings. The Labute approximate surface area is 152 Å². The second kappa shape index (κ2) is 9.60. The standard InChI is InChI=1S/C19H22ClNO2S/c1-3-18(23-16-6-4-5-15(20)13-16)19(22)21-11-12-24-17-9-7-14(2)8-10-17/h4-10,13,18H,3,11-12H2,1-2H3,(H,21,22)/t18-/m1/s1. The second-order valence-electron chi connectivity index (χ2n) is 5.42. The van der Waals surface area contributed by atoms with Crippen LogP contribution in [0.4, 0.5) is 0 Å². The van der Waals surface area contributed by atoms with Gasteiger partial charge in [0.05, 0.1) is 0 Å². The van der Waals surface area contributed by atoms with Gasteiger partial charge < -0.3 is 10.1 Å². The van der Waals surface area contributed by atoms with Crippen molar-refractivity contribution in [2.24, 2.45) is 0 Å². The summed E-state index contributed by atoms with van der Waals surface area (Å²) in [5.74, 6) is 1.34. The number of halogens is 1. The Morgan fingerprint density at radius 1 is 1.25 bits per heavy atom. The lowest BCUT2D eigenvalue weighted by molar-refractivity contribution is -0.127. The highest BCUT2D eigenvalue weighted by Crippen LogP contribution is 2.19. The number of hydrogen-bond acceptors (Lipinski definition) is 3. The van der Waals surface area contributed by atoms with Crippen LogP contribution in [0.3, 0.4) is 0 Å². The number of amides is 1. The Morgan fingerprint density at radius 3 is 2.67 bits per heavy atom. The summed E-state index contributed by atoms with van der Waals surface area (Å²) in [5.41, 5.74) is 1.25. The third-order valence-corrected chi connectivity index (χ3v) is 4.68. The van der Waals surface area contributed by atoms with Crippen molar-refractivity contribution in [3.63, 3.8) is 0 Å². The van der Waals surface area contributed by atoms with Gasteiger partial charge in [-0.1, -0.05) is 42.3 Å². The van der Waals surface area contributed by atoms with E-state index in [2.05, 4.69) is 36.5 Å². The number of hydrogen-bond donors (Lipinski definition) is 1. The van der Waals surface area contributed by atoms with Crippen LogP contribution in [0, 0.1) is 6.92 Å². The molecule has 2 rings (SSSR count). The van der Waals surface area contributed by atoms with Crippen LogP contribution in [0.5, 0.6) is 5.75 Å². The van der Waals surface area contributed by atoms with Crippen LogP contribution in [0.1, 0.15) is 18.9 Å². The first-order valence-electron chi connectivity index (χ1n) is 7.98. The summed E-state index contributed by atoms with van der Waals surface area (Å²) in [6, 6.07) is 15.5. The maximum Gasteiger partial charge on any atom is 0.261 e. The SMILES string of the molecule is CC[C@@H](Oc1cccc(Cl)c1)C(=O)NCCSc1ccc(C)cc1. The molecular formula is C19H22ClNO2S. The molecule has 1 amide bonds. The molecule has 0 aliphatic carbocycles. The summed E-state index contributed by atoms with van der Waals surface area (Å²) >= 11 is 7.66. The molecule has 128 valence electrons. The predicted molar refractivity (Wildman–Crippen MR) is 101 cm³/mol. The first kappa shape index (κ1) is 18.7. The fourth-order valence-corrected chi connectivity index (χ4v) is 3.07. The van der Waals surface area contributed by atoms with Crippen molar-refractivity contribution in [1.82, 2.24) is 5.32 Å². The van der Waals surface area contributed by atoms with Crippen LogP contribution in [0.15, 0.2) is 53.4 Å². The van der Waals surface area contributed by atoms with Gasteiger partial charge >= 0.3 is 0 Å². The van der Waals surface area contributed by atoms with Gasteiger partial charge in [0.2, 0.25) is 0 Å². The third kappa shape index (κ3) is 6.10. The molecule has 0 saturated heterocycles. The largest absolute Gasteiger partial charge is 0.481 e. The van der Waals surface area contributed by atoms with Gasteiger partial charge in [0.1, 0.15) is 5.75 Å². The van der Waals surface area contributed by atoms with Gasteiger partial charge in [0.15, 0.2) is 6.10 Å². The van der Waals surface area contributed by atoms with Crippen LogP contribution in [0.2, 0.25) is 5.02 Å². The Hall–Kier alpha value is -1.65. The molecule has 0 aromatic heterocycles. The van der Waals surface area contributed by atoms with Crippen LogP contribution in [-0.4, -0.2) is 24.3 Å². The summed E-state index contributed by atoms with van der Waals surface area (Å²) in [6.45, 7) is 4.60. The summed E-state index contributed by atoms with van der Waals surface area (Å²) in [6.07, 6.45) is 0.0940. The molecule has 0 bridgehead atoms. The van der Waals surface area contributed by atoms with Crippen LogP contribution in [0.25, 0.3) is 0 Å². The summed E-state index contributed by atoms with van der Waals surface area (Å²) in [7, 11) is 0. The van der Waals surface area contributed by atoms with E-state index in [-0.39, 0.29) is 5.91 Å². The summed E-state index contributed by atoms with van der Waals surface area (Å²) in [4.78, 5) is 13.4. The first-order valence-corrected chi connectivity index (χ1v) is 9.34. The topological polar surface area (TPSA) is 38.3 Å². The minimum atomic E-state index is -0.507. The molecule has 0 fully saturated rings. The van der Waals surface area contributed by atoms with Crippen LogP contribution < -0.4 is 10.1 Å². The van der Waals surface area contributed by atoms with E-state index in [9.17, 15) is 4.79 Å². The van der Waals surface area contributed by atoms with Crippen molar-refractivity contribution in [3.05, 3.63) is 59.1 Å². The first-order chi connectivity index (χ1) is 11.6. The molecule has 2 aromatic carbocycles. The number of ether oxygens (including phenoxy) is 1. The maximum atomic E-state index is 12.2. The average Bonchev–Trinajstić information content (AvgIpc) is 2.58. The summed E-state index contributed by atoms with van der Waals surface area (Å²) < 4.78 is 5.73. The molecule has 5 heteroatoms. The molecule has 1 atom stereocenters. The zero-order valence-corrected chi connectivity index (χ0v) is 15.5. The number of nitrogens with one attached hydrogen (secondary N) is 1. The minimum absolute atomic E-state index is 0.0954. The van der Waals surface area contributed by atoms with Gasteiger partial charge in [-0.25, -0.2) is 0 Å². The van der Waals surface area contributed by atoms with E-state index in [1.165, 1.54) is 10.5 Å². The number of thioether (sulfide) groups is 1. The Morgan fingerprint density at radius 2 is 2.00 bits per heavy atom. The Bertz CT molecular complexity index is 661. The van der Waals surface area contributed by atoms with Gasteiger partial charge in [-0.05, 0) is 43.7 Å². The van der Waals surface area contributed by atoms with E-state index in [1.54, 1.807) is 36.0 Å². The Balaban J connectivity index is 1.76. The molecule has 0 unspecified atom stereocenters. The fourth-order valence-electron chi connectivity index (χ4n) is 2.12. The average molecular weight is 364 g/mol. The van der Waals surface area contributed by atoms with E-state index >= 15 is 0 Å². The number of aryl methyl sites for hydroxylation is 1. The van der Waals surface area contributed by atoms with E-state index in [0.717, 1.165) is 5.75 Å². The van der Waals surface area contributed by atoms with Crippen molar-refractivity contribution in [2.75, 3.05) is 12.3 Å². The molecule has 0 radical (unpaired) electrons. The van der Waals surface area contributed by atoms with Crippen LogP contribution >= 0.6 is 23.4 Å². The second-order valence-corrected chi connectivity index (χ2v) is 7.03. The van der Waals surface area contributed by atoms with Gasteiger partial charge in [0.25, 0.3) is 5.91 Å². The minimum Gasteiger partial charge on any atom is -0.481 e. The molecule has 1 N–H and O–H groups in total. The van der Waals surface area contributed by atoms with Gasteiger partial charge in [-0.3, -0.25) is 4.79 Å². The number of benzene rings is 2. The zero-order chi connectivity index (χ0) is 17.4. The van der Waals surface area contributed by atoms with Gasteiger partial charge in [-0.2, -0.15) is 0 Å². The van der Waals surface area contributed by atoms with Crippen molar-refractivity contribution in [3.8, 4) is 5.75 Å². The van der Waals surface area contributed by atoms with Crippen molar-refractivity contribution < 1.29 is 9.53 Å². The third-order valence-electron chi connectivity index (χ3n) is 3.43. The lowest BCUT2D eigenvalue weighted by Gasteiger charge is -2.17. The summed E-state index contributed by atoms with van der Waals surface area (Å²) in [5, 5.41) is 3.53. The van der Waals surface area contributed by atoms with E-state index in [4.69, 9.17) is 16.3 Å². The quantitative estimate of drug-likeness (QED) is 0.545. The highest BCUT2D eigenvalue weighted by Gasteiger charge is 2.17. The molecule has 3 nitrogen and oxygen atoms in total. The van der Waals surface area contributed by atoms with E-state index < -0.39 is 6.10 Å². The predicted octanol–water partition coefficient (Wildman–Crippen LogP) is 4.71. The monoisotopic (exact) mass is 363 g/mol. The normalized spacial score (nSPS) is 11.8. The smallest absolute Gasteiger partial charge is 0.261 e. The highest BCUT2D eigenvalue weighted by atomic mass is 35.5. The maximum absolute atomic E-state index is 12.2. The molecule has 0 aliphatic heterocycles. The molecule has 0 saturated carbocycles. The van der Waals surface area contributed by atoms with Crippen molar-refractivity contribution in [1.29, 1.82) is 0 Å². The number of rotatable bonds is 8. The van der Waals surface area contributed by atoms with E-state index in [1.807, 2.05) is 6.92 Å². The van der Waals surface area contributed by atoms with Gasteiger partial charge in [-0.15, -0.1) is 11.8 Å². The fraction of sp³-hybridized carbons (Fsp3) is 0.316. The lowest BCUT2D eigenvalue weighted by Crippen LogP contribution is -2.39. The van der Waals surface area contributed by atoms with E-state index in [0.29, 0.717) is 23.7 Å². The zero-order valence-electron chi connectivity index (χ0n) is 13.9. The number of carbonyl (C=O) groups is 1. The van der Waals surface area contributed by atoms with Crippen molar-refractivity contribution >= 4 is 29.3 Å². The van der Waals surface area contributed by atoms with Crippen LogP contribution in [-0.2, 0) is 4.79 Å².